The lowest BCUT2D eigenvalue weighted by molar-refractivity contribution is 0.0697. The number of carboxylic acid groups (broad SMARTS) is 1. The molecule has 2 aromatic carbocycles. The number of aromatic carboxylic acids is 1. The molecule has 2 heterocycles. The van der Waals surface area contributed by atoms with E-state index in [1.807, 2.05) is 42.5 Å². The summed E-state index contributed by atoms with van der Waals surface area (Å²) in [5.41, 5.74) is 3.12. The average molecular weight is 455 g/mol. The minimum absolute atomic E-state index is 0.161. The van der Waals surface area contributed by atoms with Crippen LogP contribution in [0, 0.1) is 0 Å². The first-order valence-electron chi connectivity index (χ1n) is 11.4. The summed E-state index contributed by atoms with van der Waals surface area (Å²) in [5.74, 6) is -0.205. The van der Waals surface area contributed by atoms with E-state index in [-0.39, 0.29) is 17.2 Å². The second-order valence-corrected chi connectivity index (χ2v) is 8.08. The van der Waals surface area contributed by atoms with Crippen LogP contribution in [0.4, 0.5) is 0 Å². The predicted octanol–water partition coefficient (Wildman–Crippen LogP) is 5.05. The largest absolute Gasteiger partial charge is 0.478 e. The number of hydrogen-bond acceptors (Lipinski definition) is 5. The Morgan fingerprint density at radius 1 is 0.971 bits per heavy atom. The Balaban J connectivity index is 1.59. The van der Waals surface area contributed by atoms with Crippen LogP contribution in [0.15, 0.2) is 73.1 Å². The van der Waals surface area contributed by atoms with Gasteiger partial charge in [-0.2, -0.15) is 0 Å². The van der Waals surface area contributed by atoms with Crippen molar-refractivity contribution in [3.05, 3.63) is 101 Å². The summed E-state index contributed by atoms with van der Waals surface area (Å²) < 4.78 is 1.80. The molecular formula is C27H26N4O3. The van der Waals surface area contributed by atoms with Gasteiger partial charge in [-0.05, 0) is 29.2 Å². The molecule has 0 aliphatic rings. The number of benzene rings is 2. The third-order valence-corrected chi connectivity index (χ3v) is 5.64. The van der Waals surface area contributed by atoms with E-state index in [9.17, 15) is 14.7 Å². The van der Waals surface area contributed by atoms with Crippen LogP contribution >= 0.6 is 0 Å². The van der Waals surface area contributed by atoms with E-state index in [1.54, 1.807) is 29.1 Å². The van der Waals surface area contributed by atoms with Gasteiger partial charge in [-0.1, -0.05) is 74.4 Å². The van der Waals surface area contributed by atoms with Gasteiger partial charge in [0.05, 0.1) is 12.1 Å². The molecule has 0 saturated heterocycles. The Labute approximate surface area is 198 Å². The van der Waals surface area contributed by atoms with Gasteiger partial charge in [0.25, 0.3) is 0 Å². The zero-order valence-corrected chi connectivity index (χ0v) is 19.0. The number of hydrogen-bond donors (Lipinski definition) is 1. The van der Waals surface area contributed by atoms with Crippen molar-refractivity contribution in [3.63, 3.8) is 0 Å². The number of ketones is 1. The van der Waals surface area contributed by atoms with E-state index in [0.29, 0.717) is 17.7 Å². The lowest BCUT2D eigenvalue weighted by Gasteiger charge is -2.09. The molecule has 0 aliphatic heterocycles. The number of carbonyl (C=O) groups is 2. The summed E-state index contributed by atoms with van der Waals surface area (Å²) in [7, 11) is 0. The fraction of sp³-hybridized carbons (Fsp3) is 0.222. The fourth-order valence-electron chi connectivity index (χ4n) is 3.81. The van der Waals surface area contributed by atoms with Gasteiger partial charge in [-0.25, -0.2) is 14.5 Å². The molecule has 172 valence electrons. The van der Waals surface area contributed by atoms with Crippen LogP contribution in [-0.2, 0) is 13.0 Å². The number of carbonyl (C=O) groups excluding carboxylic acids is 1. The monoisotopic (exact) mass is 454 g/mol. The van der Waals surface area contributed by atoms with Crippen LogP contribution in [-0.4, -0.2) is 36.6 Å². The molecule has 7 heteroatoms. The molecule has 7 nitrogen and oxygen atoms in total. The first-order valence-corrected chi connectivity index (χ1v) is 11.4. The van der Waals surface area contributed by atoms with Gasteiger partial charge in [-0.3, -0.25) is 9.78 Å². The highest BCUT2D eigenvalue weighted by molar-refractivity contribution is 6.06. The normalized spacial score (nSPS) is 10.9. The van der Waals surface area contributed by atoms with Crippen molar-refractivity contribution in [1.29, 1.82) is 0 Å². The minimum Gasteiger partial charge on any atom is -0.478 e. The molecule has 0 aliphatic carbocycles. The maximum atomic E-state index is 12.9. The second-order valence-electron chi connectivity index (χ2n) is 8.08. The molecule has 0 atom stereocenters. The number of aromatic nitrogens is 4. The Morgan fingerprint density at radius 3 is 2.44 bits per heavy atom. The molecule has 2 aromatic heterocycles. The molecule has 1 N–H and O–H groups in total. The quantitative estimate of drug-likeness (QED) is 0.266. The van der Waals surface area contributed by atoms with E-state index in [2.05, 4.69) is 22.0 Å². The van der Waals surface area contributed by atoms with Crippen molar-refractivity contribution < 1.29 is 14.7 Å². The highest BCUT2D eigenvalue weighted by Gasteiger charge is 2.18. The lowest BCUT2D eigenvalue weighted by Crippen LogP contribution is -2.08. The van der Waals surface area contributed by atoms with Crippen LogP contribution in [0.2, 0.25) is 0 Å². The van der Waals surface area contributed by atoms with Gasteiger partial charge in [0, 0.05) is 24.4 Å². The molecule has 0 spiro atoms. The van der Waals surface area contributed by atoms with Crippen LogP contribution in [0.25, 0.3) is 11.1 Å². The number of nitrogens with zero attached hydrogens (tertiary/aromatic N) is 4. The number of pyridine rings is 1. The Morgan fingerprint density at radius 2 is 1.74 bits per heavy atom. The third-order valence-electron chi connectivity index (χ3n) is 5.64. The van der Waals surface area contributed by atoms with Gasteiger partial charge in [0.2, 0.25) is 11.6 Å². The molecule has 0 bridgehead atoms. The van der Waals surface area contributed by atoms with Gasteiger partial charge in [0.1, 0.15) is 5.82 Å². The highest BCUT2D eigenvalue weighted by atomic mass is 16.4. The SMILES string of the molecule is CCCCCc1nc(C(=O)c2ccccc2)nn1Cc1ccc(-c2ccncc2C(=O)O)cc1. The standard InChI is InChI=1S/C27H26N4O3/c1-2-3-5-10-24-29-26(25(32)21-8-6-4-7-9-21)30-31(24)18-19-11-13-20(14-12-19)22-15-16-28-17-23(22)27(33)34/h4,6-9,11-17H,2-3,5,10,18H2,1H3,(H,33,34). The molecule has 0 unspecified atom stereocenters. The zero-order valence-electron chi connectivity index (χ0n) is 19.0. The minimum atomic E-state index is -1.01. The van der Waals surface area contributed by atoms with Crippen molar-refractivity contribution in [2.45, 2.75) is 39.2 Å². The zero-order chi connectivity index (χ0) is 23.9. The number of aryl methyl sites for hydroxylation is 1. The van der Waals surface area contributed by atoms with E-state index >= 15 is 0 Å². The summed E-state index contributed by atoms with van der Waals surface area (Å²) in [6.07, 6.45) is 6.85. The first kappa shape index (κ1) is 23.0. The fourth-order valence-corrected chi connectivity index (χ4v) is 3.81. The summed E-state index contributed by atoms with van der Waals surface area (Å²) in [5, 5.41) is 14.0. The van der Waals surface area contributed by atoms with E-state index in [1.165, 1.54) is 6.20 Å². The van der Waals surface area contributed by atoms with Gasteiger partial charge >= 0.3 is 5.97 Å². The Bertz CT molecular complexity index is 1280. The van der Waals surface area contributed by atoms with Crippen molar-refractivity contribution in [2.24, 2.45) is 0 Å². The lowest BCUT2D eigenvalue weighted by atomic mass is 10.0. The number of rotatable bonds is 10. The second kappa shape index (κ2) is 10.7. The van der Waals surface area contributed by atoms with Gasteiger partial charge < -0.3 is 5.11 Å². The van der Waals surface area contributed by atoms with Crippen LogP contribution in [0.1, 0.15) is 64.1 Å². The van der Waals surface area contributed by atoms with Crippen molar-refractivity contribution >= 4 is 11.8 Å². The third kappa shape index (κ3) is 5.26. The first-order chi connectivity index (χ1) is 16.6. The molecule has 34 heavy (non-hydrogen) atoms. The van der Waals surface area contributed by atoms with Crippen LogP contribution in [0.3, 0.4) is 0 Å². The number of unbranched alkanes of at least 4 members (excludes halogenated alkanes) is 2. The van der Waals surface area contributed by atoms with E-state index < -0.39 is 5.97 Å². The molecular weight excluding hydrogens is 428 g/mol. The van der Waals surface area contributed by atoms with Crippen molar-refractivity contribution in [3.8, 4) is 11.1 Å². The summed E-state index contributed by atoms with van der Waals surface area (Å²) in [6, 6.07) is 18.4. The number of carboxylic acids is 1. The maximum absolute atomic E-state index is 12.9. The van der Waals surface area contributed by atoms with E-state index in [4.69, 9.17) is 0 Å². The smallest absolute Gasteiger partial charge is 0.337 e. The van der Waals surface area contributed by atoms with Crippen LogP contribution < -0.4 is 0 Å². The molecule has 4 rings (SSSR count). The Kier molecular flexibility index (Phi) is 7.22. The molecule has 0 amide bonds. The summed E-state index contributed by atoms with van der Waals surface area (Å²) in [6.45, 7) is 2.62. The average Bonchev–Trinajstić information content (AvgIpc) is 3.27. The van der Waals surface area contributed by atoms with Crippen molar-refractivity contribution in [2.75, 3.05) is 0 Å². The maximum Gasteiger partial charge on any atom is 0.337 e. The van der Waals surface area contributed by atoms with Gasteiger partial charge in [0.15, 0.2) is 0 Å². The predicted molar refractivity (Wildman–Crippen MR) is 129 cm³/mol. The molecule has 0 fully saturated rings. The highest BCUT2D eigenvalue weighted by Crippen LogP contribution is 2.24. The Hall–Kier alpha value is -4.13. The summed E-state index contributed by atoms with van der Waals surface area (Å²) >= 11 is 0. The summed E-state index contributed by atoms with van der Waals surface area (Å²) in [4.78, 5) is 32.9. The molecule has 4 aromatic rings. The topological polar surface area (TPSA) is 98.0 Å². The van der Waals surface area contributed by atoms with Gasteiger partial charge in [-0.15, -0.1) is 5.10 Å². The van der Waals surface area contributed by atoms with Crippen molar-refractivity contribution in [1.82, 2.24) is 19.7 Å². The van der Waals surface area contributed by atoms with E-state index in [0.717, 1.165) is 42.6 Å². The molecule has 0 radical (unpaired) electrons. The molecule has 0 saturated carbocycles. The van der Waals surface area contributed by atoms with Crippen LogP contribution in [0.5, 0.6) is 0 Å².